The highest BCUT2D eigenvalue weighted by Gasteiger charge is 2.40. The summed E-state index contributed by atoms with van der Waals surface area (Å²) in [6.45, 7) is -1.13. The summed E-state index contributed by atoms with van der Waals surface area (Å²) in [4.78, 5) is 28.3. The van der Waals surface area contributed by atoms with Crippen LogP contribution in [0.15, 0.2) is 29.3 Å². The average molecular weight is 435 g/mol. The van der Waals surface area contributed by atoms with Crippen LogP contribution in [0, 0.1) is 23.0 Å². The summed E-state index contributed by atoms with van der Waals surface area (Å²) in [5, 5.41) is 13.0. The standard InChI is InChI=1S/C17H11F2N5O5S/c18-8-3-10(19)15-12(7-29-13(15)4-8)22-14(25)6-24-17(26)23-11-2-1-9(5-20)21-16(11)30(24,27)28/h1-4,12H,6-7H2,(H,22,25)(H,23,26)/t12-/m1/s1. The summed E-state index contributed by atoms with van der Waals surface area (Å²) < 4.78 is 58.2. The van der Waals surface area contributed by atoms with Crippen molar-refractivity contribution < 1.29 is 31.5 Å². The number of urea groups is 1. The highest BCUT2D eigenvalue weighted by atomic mass is 32.2. The second-order valence-electron chi connectivity index (χ2n) is 6.33. The largest absolute Gasteiger partial charge is 0.490 e. The lowest BCUT2D eigenvalue weighted by atomic mass is 10.1. The molecule has 1 aromatic carbocycles. The molecule has 0 radical (unpaired) electrons. The molecular formula is C17H11F2N5O5S. The lowest BCUT2D eigenvalue weighted by Crippen LogP contribution is -2.49. The van der Waals surface area contributed by atoms with Crippen molar-refractivity contribution in [3.63, 3.8) is 0 Å². The normalized spacial score (nSPS) is 18.5. The average Bonchev–Trinajstić information content (AvgIpc) is 3.07. The Morgan fingerprint density at radius 2 is 2.17 bits per heavy atom. The molecule has 0 saturated heterocycles. The van der Waals surface area contributed by atoms with Gasteiger partial charge in [-0.3, -0.25) is 4.79 Å². The summed E-state index contributed by atoms with van der Waals surface area (Å²) in [7, 11) is -4.52. The molecule has 0 bridgehead atoms. The summed E-state index contributed by atoms with van der Waals surface area (Å²) in [5.41, 5.74) is -0.403. The zero-order valence-corrected chi connectivity index (χ0v) is 15.7. The van der Waals surface area contributed by atoms with Crippen molar-refractivity contribution >= 4 is 27.6 Å². The molecule has 0 aliphatic carbocycles. The quantitative estimate of drug-likeness (QED) is 0.733. The molecule has 1 atom stereocenters. The van der Waals surface area contributed by atoms with Crippen LogP contribution in [0.25, 0.3) is 0 Å². The van der Waals surface area contributed by atoms with Gasteiger partial charge < -0.3 is 15.4 Å². The summed E-state index contributed by atoms with van der Waals surface area (Å²) in [6, 6.07) is 3.62. The number of hydrogen-bond donors (Lipinski definition) is 2. The predicted molar refractivity (Wildman–Crippen MR) is 94.6 cm³/mol. The monoisotopic (exact) mass is 435 g/mol. The molecule has 10 nitrogen and oxygen atoms in total. The van der Waals surface area contributed by atoms with E-state index in [0.717, 1.165) is 6.07 Å². The first-order valence-electron chi connectivity index (χ1n) is 8.36. The number of nitrogens with one attached hydrogen (secondary N) is 2. The number of benzene rings is 1. The molecule has 2 aliphatic rings. The Balaban J connectivity index is 1.56. The first kappa shape index (κ1) is 19.5. The van der Waals surface area contributed by atoms with Crippen LogP contribution < -0.4 is 15.4 Å². The third-order valence-electron chi connectivity index (χ3n) is 4.41. The molecule has 0 spiro atoms. The topological polar surface area (TPSA) is 141 Å². The predicted octanol–water partition coefficient (Wildman–Crippen LogP) is 1.02. The van der Waals surface area contributed by atoms with E-state index in [1.807, 2.05) is 0 Å². The minimum absolute atomic E-state index is 0.0803. The van der Waals surface area contributed by atoms with Crippen molar-refractivity contribution in [2.45, 2.75) is 11.1 Å². The third kappa shape index (κ3) is 3.16. The first-order chi connectivity index (χ1) is 14.2. The summed E-state index contributed by atoms with van der Waals surface area (Å²) >= 11 is 0. The number of aromatic nitrogens is 1. The van der Waals surface area contributed by atoms with Crippen molar-refractivity contribution in [2.75, 3.05) is 18.5 Å². The molecule has 30 heavy (non-hydrogen) atoms. The van der Waals surface area contributed by atoms with Crippen LogP contribution in [0.1, 0.15) is 17.3 Å². The number of carbonyl (C=O) groups is 2. The van der Waals surface area contributed by atoms with E-state index in [1.54, 1.807) is 6.07 Å². The Bertz CT molecular complexity index is 1240. The molecule has 2 aromatic rings. The summed E-state index contributed by atoms with van der Waals surface area (Å²) in [5.74, 6) is -2.79. The summed E-state index contributed by atoms with van der Waals surface area (Å²) in [6.07, 6.45) is 0. The van der Waals surface area contributed by atoms with E-state index < -0.39 is 51.2 Å². The minimum atomic E-state index is -4.52. The Labute approximate surface area is 168 Å². The van der Waals surface area contributed by atoms with Crippen molar-refractivity contribution in [1.29, 1.82) is 5.26 Å². The van der Waals surface area contributed by atoms with Crippen LogP contribution in [-0.4, -0.2) is 42.8 Å². The number of nitriles is 1. The van der Waals surface area contributed by atoms with Crippen LogP contribution in [0.2, 0.25) is 0 Å². The molecule has 1 aromatic heterocycles. The number of nitrogens with zero attached hydrogens (tertiary/aromatic N) is 3. The van der Waals surface area contributed by atoms with E-state index in [2.05, 4.69) is 15.6 Å². The second-order valence-corrected chi connectivity index (χ2v) is 8.11. The Hall–Kier alpha value is -3.79. The van der Waals surface area contributed by atoms with Crippen LogP contribution in [0.4, 0.5) is 19.3 Å². The fraction of sp³-hybridized carbons (Fsp3) is 0.176. The van der Waals surface area contributed by atoms with E-state index in [-0.39, 0.29) is 33.6 Å². The van der Waals surface area contributed by atoms with Gasteiger partial charge in [0.2, 0.25) is 10.9 Å². The molecule has 2 aliphatic heterocycles. The smallest absolute Gasteiger partial charge is 0.336 e. The van der Waals surface area contributed by atoms with Gasteiger partial charge in [0.05, 0.1) is 17.3 Å². The molecule has 2 N–H and O–H groups in total. The number of hydrogen-bond acceptors (Lipinski definition) is 7. The molecule has 3 heterocycles. The lowest BCUT2D eigenvalue weighted by Gasteiger charge is -2.27. The number of rotatable bonds is 3. The maximum Gasteiger partial charge on any atom is 0.336 e. The fourth-order valence-electron chi connectivity index (χ4n) is 3.10. The van der Waals surface area contributed by atoms with Gasteiger partial charge in [0.25, 0.3) is 10.0 Å². The highest BCUT2D eigenvalue weighted by molar-refractivity contribution is 7.89. The molecule has 3 amide bonds. The number of halogens is 2. The van der Waals surface area contributed by atoms with E-state index in [0.29, 0.717) is 6.07 Å². The van der Waals surface area contributed by atoms with Gasteiger partial charge >= 0.3 is 6.03 Å². The fourth-order valence-corrected chi connectivity index (χ4v) is 4.47. The van der Waals surface area contributed by atoms with Gasteiger partial charge in [-0.2, -0.15) is 13.7 Å². The molecule has 154 valence electrons. The minimum Gasteiger partial charge on any atom is -0.490 e. The van der Waals surface area contributed by atoms with Gasteiger partial charge in [-0.05, 0) is 12.1 Å². The van der Waals surface area contributed by atoms with Crippen molar-refractivity contribution in [2.24, 2.45) is 0 Å². The first-order valence-corrected chi connectivity index (χ1v) is 9.80. The van der Waals surface area contributed by atoms with Crippen LogP contribution in [-0.2, 0) is 14.8 Å². The highest BCUT2D eigenvalue weighted by Crippen LogP contribution is 2.35. The zero-order chi connectivity index (χ0) is 21.6. The van der Waals surface area contributed by atoms with Gasteiger partial charge in [0, 0.05) is 12.1 Å². The van der Waals surface area contributed by atoms with E-state index >= 15 is 0 Å². The zero-order valence-electron chi connectivity index (χ0n) is 14.8. The Morgan fingerprint density at radius 3 is 2.90 bits per heavy atom. The van der Waals surface area contributed by atoms with Gasteiger partial charge in [0.1, 0.15) is 42.3 Å². The number of sulfonamides is 1. The van der Waals surface area contributed by atoms with Gasteiger partial charge in [0.15, 0.2) is 0 Å². The maximum absolute atomic E-state index is 14.1. The number of carbonyl (C=O) groups excluding carboxylic acids is 2. The SMILES string of the molecule is N#Cc1ccc2c(n1)S(=O)(=O)N(CC(=O)N[C@@H]1COc3cc(F)cc(F)c31)C(=O)N2. The Kier molecular flexibility index (Phi) is 4.50. The lowest BCUT2D eigenvalue weighted by molar-refractivity contribution is -0.121. The molecular weight excluding hydrogens is 424 g/mol. The van der Waals surface area contributed by atoms with Crippen molar-refractivity contribution in [3.05, 3.63) is 47.2 Å². The Morgan fingerprint density at radius 1 is 1.40 bits per heavy atom. The molecule has 0 fully saturated rings. The van der Waals surface area contributed by atoms with Crippen LogP contribution >= 0.6 is 0 Å². The molecule has 0 unspecified atom stereocenters. The number of amides is 3. The third-order valence-corrected chi connectivity index (χ3v) is 6.09. The van der Waals surface area contributed by atoms with Crippen molar-refractivity contribution in [1.82, 2.24) is 14.6 Å². The van der Waals surface area contributed by atoms with E-state index in [1.165, 1.54) is 12.1 Å². The maximum atomic E-state index is 14.1. The number of ether oxygens (including phenoxy) is 1. The van der Waals surface area contributed by atoms with Gasteiger partial charge in [-0.15, -0.1) is 0 Å². The number of fused-ring (bicyclic) bond motifs is 2. The van der Waals surface area contributed by atoms with Crippen LogP contribution in [0.5, 0.6) is 5.75 Å². The molecule has 0 saturated carbocycles. The van der Waals surface area contributed by atoms with Crippen molar-refractivity contribution in [3.8, 4) is 11.8 Å². The molecule has 13 heteroatoms. The van der Waals surface area contributed by atoms with Gasteiger partial charge in [-0.25, -0.2) is 22.9 Å². The van der Waals surface area contributed by atoms with Crippen LogP contribution in [0.3, 0.4) is 0 Å². The van der Waals surface area contributed by atoms with Gasteiger partial charge in [-0.1, -0.05) is 0 Å². The van der Waals surface area contributed by atoms with E-state index in [4.69, 9.17) is 10.00 Å². The second kappa shape index (κ2) is 6.92. The number of anilines is 1. The van der Waals surface area contributed by atoms with E-state index in [9.17, 15) is 26.8 Å². The molecule has 4 rings (SSSR count). The number of pyridine rings is 1.